The van der Waals surface area contributed by atoms with E-state index in [0.29, 0.717) is 18.2 Å². The highest BCUT2D eigenvalue weighted by atomic mass is 32.1. The summed E-state index contributed by atoms with van der Waals surface area (Å²) in [5, 5.41) is 6.32. The molecular weight excluding hydrogens is 297 g/mol. The highest BCUT2D eigenvalue weighted by molar-refractivity contribution is 7.09. The Labute approximate surface area is 125 Å². The van der Waals surface area contributed by atoms with Gasteiger partial charge < -0.3 is 5.32 Å². The van der Waals surface area contributed by atoms with Crippen molar-refractivity contribution in [1.82, 2.24) is 4.98 Å². The normalized spacial score (nSPS) is 15.2. The molecule has 1 saturated carbocycles. The Bertz CT molecular complexity index is 645. The molecule has 1 aliphatic rings. The van der Waals surface area contributed by atoms with Crippen molar-refractivity contribution in [1.29, 1.82) is 0 Å². The maximum atomic E-state index is 12.7. The third-order valence-electron chi connectivity index (χ3n) is 3.50. The van der Waals surface area contributed by atoms with Crippen molar-refractivity contribution in [3.63, 3.8) is 0 Å². The quantitative estimate of drug-likeness (QED) is 0.863. The van der Waals surface area contributed by atoms with Crippen LogP contribution in [0.4, 0.5) is 18.9 Å². The minimum Gasteiger partial charge on any atom is -0.379 e. The zero-order valence-corrected chi connectivity index (χ0v) is 12.3. The van der Waals surface area contributed by atoms with E-state index in [4.69, 9.17) is 0 Å². The highest BCUT2D eigenvalue weighted by Crippen LogP contribution is 2.41. The first kappa shape index (κ1) is 14.4. The van der Waals surface area contributed by atoms with E-state index in [9.17, 15) is 13.2 Å². The minimum absolute atomic E-state index is 0.226. The van der Waals surface area contributed by atoms with Crippen molar-refractivity contribution >= 4 is 17.0 Å². The fourth-order valence-electron chi connectivity index (χ4n) is 2.21. The lowest BCUT2D eigenvalue weighted by Crippen LogP contribution is -2.08. The Balaban J connectivity index is 1.65. The summed E-state index contributed by atoms with van der Waals surface area (Å²) in [5.74, 6) is 0.636. The number of benzene rings is 1. The molecule has 0 saturated heterocycles. The number of nitrogens with one attached hydrogen (secondary N) is 1. The van der Waals surface area contributed by atoms with Crippen LogP contribution in [0.1, 0.15) is 40.6 Å². The second-order valence-corrected chi connectivity index (χ2v) is 6.22. The van der Waals surface area contributed by atoms with E-state index in [1.807, 2.05) is 5.38 Å². The van der Waals surface area contributed by atoms with Gasteiger partial charge in [0.05, 0.1) is 22.8 Å². The molecule has 0 unspecified atom stereocenters. The van der Waals surface area contributed by atoms with Crippen LogP contribution in [-0.2, 0) is 12.7 Å². The van der Waals surface area contributed by atoms with E-state index in [0.717, 1.165) is 11.8 Å². The molecule has 21 heavy (non-hydrogen) atoms. The van der Waals surface area contributed by atoms with Crippen LogP contribution in [-0.4, -0.2) is 4.98 Å². The molecule has 1 aliphatic carbocycles. The van der Waals surface area contributed by atoms with E-state index in [1.54, 1.807) is 11.3 Å². The SMILES string of the molecule is Cc1cc(NCc2csc(C3CC3)n2)ccc1C(F)(F)F. The average molecular weight is 312 g/mol. The van der Waals surface area contributed by atoms with E-state index < -0.39 is 11.7 Å². The Morgan fingerprint density at radius 1 is 1.33 bits per heavy atom. The third-order valence-corrected chi connectivity index (χ3v) is 4.56. The molecule has 1 fully saturated rings. The number of anilines is 1. The lowest BCUT2D eigenvalue weighted by Gasteiger charge is -2.12. The third kappa shape index (κ3) is 3.37. The van der Waals surface area contributed by atoms with Crippen LogP contribution >= 0.6 is 11.3 Å². The first-order valence-corrected chi connectivity index (χ1v) is 7.67. The van der Waals surface area contributed by atoms with Crippen LogP contribution in [0.25, 0.3) is 0 Å². The van der Waals surface area contributed by atoms with E-state index >= 15 is 0 Å². The second kappa shape index (κ2) is 5.33. The van der Waals surface area contributed by atoms with Gasteiger partial charge in [-0.1, -0.05) is 0 Å². The van der Waals surface area contributed by atoms with Crippen molar-refractivity contribution in [2.75, 3.05) is 5.32 Å². The molecule has 1 heterocycles. The topological polar surface area (TPSA) is 24.9 Å². The van der Waals surface area contributed by atoms with Crippen LogP contribution in [0, 0.1) is 6.92 Å². The average Bonchev–Trinajstić information content (AvgIpc) is 3.14. The second-order valence-electron chi connectivity index (χ2n) is 5.33. The van der Waals surface area contributed by atoms with Gasteiger partial charge in [-0.3, -0.25) is 0 Å². The fourth-order valence-corrected chi connectivity index (χ4v) is 3.20. The maximum Gasteiger partial charge on any atom is 0.416 e. The van der Waals surface area contributed by atoms with Gasteiger partial charge in [0.2, 0.25) is 0 Å². The molecule has 112 valence electrons. The molecule has 1 aromatic carbocycles. The molecular formula is C15H15F3N2S. The summed E-state index contributed by atoms with van der Waals surface area (Å²) in [7, 11) is 0. The summed E-state index contributed by atoms with van der Waals surface area (Å²) < 4.78 is 38.1. The lowest BCUT2D eigenvalue weighted by atomic mass is 10.1. The van der Waals surface area contributed by atoms with Crippen molar-refractivity contribution in [3.8, 4) is 0 Å². The van der Waals surface area contributed by atoms with Crippen LogP contribution in [0.15, 0.2) is 23.6 Å². The van der Waals surface area contributed by atoms with Gasteiger partial charge in [-0.15, -0.1) is 11.3 Å². The molecule has 0 atom stereocenters. The van der Waals surface area contributed by atoms with Crippen molar-refractivity contribution in [2.24, 2.45) is 0 Å². The summed E-state index contributed by atoms with van der Waals surface area (Å²) in [4.78, 5) is 4.54. The molecule has 0 spiro atoms. The molecule has 1 aromatic heterocycles. The smallest absolute Gasteiger partial charge is 0.379 e. The molecule has 0 bridgehead atoms. The Hall–Kier alpha value is -1.56. The zero-order valence-electron chi connectivity index (χ0n) is 11.5. The van der Waals surface area contributed by atoms with Gasteiger partial charge in [-0.05, 0) is 43.5 Å². The van der Waals surface area contributed by atoms with Crippen molar-refractivity contribution < 1.29 is 13.2 Å². The lowest BCUT2D eigenvalue weighted by molar-refractivity contribution is -0.138. The molecule has 3 rings (SSSR count). The number of alkyl halides is 3. The predicted octanol–water partition coefficient (Wildman–Crippen LogP) is 4.96. The first-order valence-electron chi connectivity index (χ1n) is 6.79. The van der Waals surface area contributed by atoms with Gasteiger partial charge in [0, 0.05) is 17.0 Å². The number of aromatic nitrogens is 1. The maximum absolute atomic E-state index is 12.7. The summed E-state index contributed by atoms with van der Waals surface area (Å²) in [6.45, 7) is 2.01. The van der Waals surface area contributed by atoms with Crippen molar-refractivity contribution in [2.45, 2.75) is 38.4 Å². The highest BCUT2D eigenvalue weighted by Gasteiger charge is 2.32. The summed E-state index contributed by atoms with van der Waals surface area (Å²) in [5.41, 5.74) is 1.27. The molecule has 2 nitrogen and oxygen atoms in total. The number of hydrogen-bond donors (Lipinski definition) is 1. The van der Waals surface area contributed by atoms with Crippen LogP contribution in [0.2, 0.25) is 0 Å². The number of hydrogen-bond acceptors (Lipinski definition) is 3. The molecule has 6 heteroatoms. The Morgan fingerprint density at radius 3 is 2.71 bits per heavy atom. The predicted molar refractivity (Wildman–Crippen MR) is 77.6 cm³/mol. The Kier molecular flexibility index (Phi) is 3.65. The van der Waals surface area contributed by atoms with Gasteiger partial charge in [-0.25, -0.2) is 4.98 Å². The number of halogens is 3. The van der Waals surface area contributed by atoms with Crippen LogP contribution in [0.3, 0.4) is 0 Å². The molecule has 0 aliphatic heterocycles. The molecule has 0 radical (unpaired) electrons. The van der Waals surface area contributed by atoms with Gasteiger partial charge in [0.1, 0.15) is 0 Å². The van der Waals surface area contributed by atoms with E-state index in [1.165, 1.54) is 36.9 Å². The number of nitrogens with zero attached hydrogens (tertiary/aromatic N) is 1. The fraction of sp³-hybridized carbons (Fsp3) is 0.400. The largest absolute Gasteiger partial charge is 0.416 e. The van der Waals surface area contributed by atoms with Crippen molar-refractivity contribution in [3.05, 3.63) is 45.4 Å². The van der Waals surface area contributed by atoms with Gasteiger partial charge >= 0.3 is 6.18 Å². The summed E-state index contributed by atoms with van der Waals surface area (Å²) >= 11 is 1.66. The number of aryl methyl sites for hydroxylation is 1. The van der Waals surface area contributed by atoms with Gasteiger partial charge in [-0.2, -0.15) is 13.2 Å². The Morgan fingerprint density at radius 2 is 2.10 bits per heavy atom. The van der Waals surface area contributed by atoms with E-state index in [2.05, 4.69) is 10.3 Å². The van der Waals surface area contributed by atoms with E-state index in [-0.39, 0.29) is 5.56 Å². The summed E-state index contributed by atoms with van der Waals surface area (Å²) in [6.07, 6.45) is -1.85. The standard InChI is InChI=1S/C15H15F3N2S/c1-9-6-11(4-5-13(9)15(16,17)18)19-7-12-8-21-14(20-12)10-2-3-10/h4-6,8,10,19H,2-3,7H2,1H3. The van der Waals surface area contributed by atoms with Crippen LogP contribution < -0.4 is 5.32 Å². The minimum atomic E-state index is -4.29. The first-order chi connectivity index (χ1) is 9.93. The molecule has 2 aromatic rings. The monoisotopic (exact) mass is 312 g/mol. The molecule has 0 amide bonds. The van der Waals surface area contributed by atoms with Gasteiger partial charge in [0.25, 0.3) is 0 Å². The summed E-state index contributed by atoms with van der Waals surface area (Å²) in [6, 6.07) is 4.11. The molecule has 1 N–H and O–H groups in total. The van der Waals surface area contributed by atoms with Gasteiger partial charge in [0.15, 0.2) is 0 Å². The number of thiazole rings is 1. The zero-order chi connectivity index (χ0) is 15.0. The number of rotatable bonds is 4. The van der Waals surface area contributed by atoms with Crippen LogP contribution in [0.5, 0.6) is 0 Å².